The first-order valence-corrected chi connectivity index (χ1v) is 8.79. The van der Waals surface area contributed by atoms with Gasteiger partial charge in [-0.3, -0.25) is 0 Å². The van der Waals surface area contributed by atoms with E-state index in [9.17, 15) is 0 Å². The Balaban J connectivity index is 1.60. The molecule has 0 amide bonds. The number of aromatic nitrogens is 2. The summed E-state index contributed by atoms with van der Waals surface area (Å²) in [7, 11) is 0. The summed E-state index contributed by atoms with van der Waals surface area (Å²) in [6.45, 7) is 9.42. The van der Waals surface area contributed by atoms with Gasteiger partial charge in [-0.1, -0.05) is 26.0 Å². The van der Waals surface area contributed by atoms with Gasteiger partial charge in [0.15, 0.2) is 0 Å². The van der Waals surface area contributed by atoms with Crippen molar-refractivity contribution in [1.29, 1.82) is 0 Å². The van der Waals surface area contributed by atoms with Gasteiger partial charge >= 0.3 is 0 Å². The Hall–Kier alpha value is -2.53. The van der Waals surface area contributed by atoms with Crippen molar-refractivity contribution in [3.8, 4) is 17.5 Å². The van der Waals surface area contributed by atoms with Gasteiger partial charge in [-0.05, 0) is 56.4 Å². The van der Waals surface area contributed by atoms with Gasteiger partial charge in [-0.2, -0.15) is 4.98 Å². The molecule has 25 heavy (non-hydrogen) atoms. The summed E-state index contributed by atoms with van der Waals surface area (Å²) in [6, 6.07) is 16.0. The van der Waals surface area contributed by atoms with E-state index in [0.717, 1.165) is 42.2 Å². The molecule has 1 aromatic heterocycles. The number of fused-ring (bicyclic) bond motifs is 1. The standard InChI is InChI=1S/C20H25N3O2/c1-4-23(5-2)14-15(3)24-16-10-12-17(13-11-16)25-20-21-18-8-6-7-9-19(18)22-20/h6-13,15H,4-5,14H2,1-3H3,(H,21,22). The zero-order valence-corrected chi connectivity index (χ0v) is 15.0. The van der Waals surface area contributed by atoms with Crippen molar-refractivity contribution in [1.82, 2.24) is 14.9 Å². The van der Waals surface area contributed by atoms with E-state index >= 15 is 0 Å². The molecule has 1 heterocycles. The summed E-state index contributed by atoms with van der Waals surface area (Å²) < 4.78 is 11.8. The normalized spacial score (nSPS) is 12.5. The third-order valence-electron chi connectivity index (χ3n) is 4.15. The Labute approximate surface area is 148 Å². The number of hydrogen-bond acceptors (Lipinski definition) is 4. The number of para-hydroxylation sites is 2. The molecular formula is C20H25N3O2. The Morgan fingerprint density at radius 3 is 2.36 bits per heavy atom. The maximum atomic E-state index is 5.98. The average molecular weight is 339 g/mol. The summed E-state index contributed by atoms with van der Waals surface area (Å²) >= 11 is 0. The number of H-pyrrole nitrogens is 1. The molecule has 5 heteroatoms. The molecule has 0 radical (unpaired) electrons. The van der Waals surface area contributed by atoms with Crippen LogP contribution < -0.4 is 9.47 Å². The fourth-order valence-electron chi connectivity index (χ4n) is 2.79. The lowest BCUT2D eigenvalue weighted by Gasteiger charge is -2.23. The number of hydrogen-bond donors (Lipinski definition) is 1. The molecule has 1 atom stereocenters. The lowest BCUT2D eigenvalue weighted by molar-refractivity contribution is 0.153. The highest BCUT2D eigenvalue weighted by Gasteiger charge is 2.09. The zero-order chi connectivity index (χ0) is 17.6. The summed E-state index contributed by atoms with van der Waals surface area (Å²) in [5.74, 6) is 1.57. The molecule has 0 bridgehead atoms. The molecule has 0 aliphatic heterocycles. The van der Waals surface area contributed by atoms with Crippen LogP contribution in [0.1, 0.15) is 20.8 Å². The molecular weight excluding hydrogens is 314 g/mol. The predicted octanol–water partition coefficient (Wildman–Crippen LogP) is 4.46. The van der Waals surface area contributed by atoms with Crippen molar-refractivity contribution >= 4 is 11.0 Å². The molecule has 0 saturated carbocycles. The minimum absolute atomic E-state index is 0.141. The number of ether oxygens (including phenoxy) is 2. The molecule has 5 nitrogen and oxygen atoms in total. The molecule has 2 aromatic carbocycles. The van der Waals surface area contributed by atoms with Crippen LogP contribution in [0.25, 0.3) is 11.0 Å². The fourth-order valence-corrected chi connectivity index (χ4v) is 2.79. The van der Waals surface area contributed by atoms with E-state index in [-0.39, 0.29) is 6.10 Å². The molecule has 132 valence electrons. The second-order valence-corrected chi connectivity index (χ2v) is 6.05. The largest absolute Gasteiger partial charge is 0.489 e. The average Bonchev–Trinajstić information content (AvgIpc) is 3.03. The van der Waals surface area contributed by atoms with E-state index in [1.54, 1.807) is 0 Å². The predicted molar refractivity (Wildman–Crippen MR) is 100 cm³/mol. The van der Waals surface area contributed by atoms with Gasteiger partial charge in [0.1, 0.15) is 17.6 Å². The molecule has 1 N–H and O–H groups in total. The highest BCUT2D eigenvalue weighted by Crippen LogP contribution is 2.24. The third-order valence-corrected chi connectivity index (χ3v) is 4.15. The number of nitrogens with one attached hydrogen (secondary N) is 1. The van der Waals surface area contributed by atoms with Gasteiger partial charge in [0.2, 0.25) is 0 Å². The van der Waals surface area contributed by atoms with Crippen LogP contribution in [0.2, 0.25) is 0 Å². The zero-order valence-electron chi connectivity index (χ0n) is 15.0. The molecule has 0 aliphatic rings. The molecule has 3 rings (SSSR count). The number of likely N-dealkylation sites (N-methyl/N-ethyl adjacent to an activating group) is 1. The number of nitrogens with zero attached hydrogens (tertiary/aromatic N) is 2. The van der Waals surface area contributed by atoms with Crippen LogP contribution >= 0.6 is 0 Å². The monoisotopic (exact) mass is 339 g/mol. The van der Waals surface area contributed by atoms with E-state index in [2.05, 4.69) is 35.6 Å². The molecule has 1 unspecified atom stereocenters. The Bertz CT molecular complexity index is 761. The number of imidazole rings is 1. The van der Waals surface area contributed by atoms with Crippen LogP contribution in [0, 0.1) is 0 Å². The van der Waals surface area contributed by atoms with E-state index in [1.165, 1.54) is 0 Å². The highest BCUT2D eigenvalue weighted by molar-refractivity contribution is 5.75. The van der Waals surface area contributed by atoms with E-state index in [4.69, 9.17) is 9.47 Å². The maximum Gasteiger partial charge on any atom is 0.300 e. The van der Waals surface area contributed by atoms with Gasteiger partial charge in [-0.25, -0.2) is 0 Å². The summed E-state index contributed by atoms with van der Waals surface area (Å²) in [4.78, 5) is 9.92. The summed E-state index contributed by atoms with van der Waals surface area (Å²) in [5.41, 5.74) is 1.85. The fraction of sp³-hybridized carbons (Fsp3) is 0.350. The molecule has 0 saturated heterocycles. The van der Waals surface area contributed by atoms with Gasteiger partial charge in [0.05, 0.1) is 11.0 Å². The third kappa shape index (κ3) is 4.51. The van der Waals surface area contributed by atoms with Crippen molar-refractivity contribution in [2.24, 2.45) is 0 Å². The molecule has 0 aliphatic carbocycles. The molecule has 0 fully saturated rings. The highest BCUT2D eigenvalue weighted by atomic mass is 16.5. The van der Waals surface area contributed by atoms with Crippen LogP contribution in [0.4, 0.5) is 0 Å². The first kappa shape index (κ1) is 17.3. The molecule has 3 aromatic rings. The van der Waals surface area contributed by atoms with Gasteiger partial charge < -0.3 is 19.4 Å². The van der Waals surface area contributed by atoms with E-state index in [0.29, 0.717) is 6.01 Å². The van der Waals surface area contributed by atoms with Crippen LogP contribution in [0.15, 0.2) is 48.5 Å². The summed E-state index contributed by atoms with van der Waals surface area (Å²) in [6.07, 6.45) is 0.141. The van der Waals surface area contributed by atoms with Crippen LogP contribution in [-0.2, 0) is 0 Å². The topological polar surface area (TPSA) is 50.4 Å². The quantitative estimate of drug-likeness (QED) is 0.658. The van der Waals surface area contributed by atoms with E-state index in [1.807, 2.05) is 48.5 Å². The van der Waals surface area contributed by atoms with Crippen LogP contribution in [-0.4, -0.2) is 40.6 Å². The second-order valence-electron chi connectivity index (χ2n) is 6.05. The van der Waals surface area contributed by atoms with Crippen LogP contribution in [0.3, 0.4) is 0 Å². The number of aromatic amines is 1. The van der Waals surface area contributed by atoms with Gasteiger partial charge in [0.25, 0.3) is 6.01 Å². The van der Waals surface area contributed by atoms with Crippen molar-refractivity contribution < 1.29 is 9.47 Å². The van der Waals surface area contributed by atoms with Gasteiger partial charge in [0, 0.05) is 6.54 Å². The Morgan fingerprint density at radius 2 is 1.68 bits per heavy atom. The first-order valence-electron chi connectivity index (χ1n) is 8.79. The van der Waals surface area contributed by atoms with Crippen LogP contribution in [0.5, 0.6) is 17.5 Å². The Kier molecular flexibility index (Phi) is 5.56. The van der Waals surface area contributed by atoms with Crippen molar-refractivity contribution in [3.63, 3.8) is 0 Å². The SMILES string of the molecule is CCN(CC)CC(C)Oc1ccc(Oc2nc3ccccc3[nH]2)cc1. The number of rotatable bonds is 8. The summed E-state index contributed by atoms with van der Waals surface area (Å²) in [5, 5.41) is 0. The lowest BCUT2D eigenvalue weighted by atomic mass is 10.3. The van der Waals surface area contributed by atoms with Crippen molar-refractivity contribution in [3.05, 3.63) is 48.5 Å². The minimum Gasteiger partial charge on any atom is -0.489 e. The first-order chi connectivity index (χ1) is 12.2. The molecule has 0 spiro atoms. The van der Waals surface area contributed by atoms with Crippen molar-refractivity contribution in [2.45, 2.75) is 26.9 Å². The van der Waals surface area contributed by atoms with Crippen molar-refractivity contribution in [2.75, 3.05) is 19.6 Å². The van der Waals surface area contributed by atoms with E-state index < -0.39 is 0 Å². The second kappa shape index (κ2) is 8.03. The lowest BCUT2D eigenvalue weighted by Crippen LogP contribution is -2.33. The maximum absolute atomic E-state index is 5.98. The Morgan fingerprint density at radius 1 is 1.00 bits per heavy atom. The smallest absolute Gasteiger partial charge is 0.300 e. The number of benzene rings is 2. The van der Waals surface area contributed by atoms with Gasteiger partial charge in [-0.15, -0.1) is 0 Å². The minimum atomic E-state index is 0.141.